The van der Waals surface area contributed by atoms with E-state index < -0.39 is 0 Å². The van der Waals surface area contributed by atoms with E-state index in [0.29, 0.717) is 11.4 Å². The fourth-order valence-electron chi connectivity index (χ4n) is 8.83. The molecule has 0 fully saturated rings. The average molecular weight is 725 g/mol. The Balaban J connectivity index is 0.997. The van der Waals surface area contributed by atoms with Crippen LogP contribution in [0.15, 0.2) is 199 Å². The standard InChI is InChI=1S/C54H32N2O/c1-3-11-35(12-4-1)51-53-52(56-54(55-51)36-13-5-2-6-14-36)46-28-26-40(32-50(46)57-53)38-24-22-34-20-19-33-21-23-37(29-47(33)48(34)30-38)39-25-27-45-43-17-8-7-15-41(43)42-16-9-10-18-44(42)49(45)31-39/h1-32H. The third kappa shape index (κ3) is 5.06. The maximum atomic E-state index is 6.67. The van der Waals surface area contributed by atoms with Crippen molar-refractivity contribution >= 4 is 75.9 Å². The van der Waals surface area contributed by atoms with Crippen LogP contribution in [0.4, 0.5) is 0 Å². The molecule has 2 heterocycles. The Morgan fingerprint density at radius 2 is 0.737 bits per heavy atom. The van der Waals surface area contributed by atoms with Gasteiger partial charge in [-0.05, 0) is 106 Å². The van der Waals surface area contributed by atoms with E-state index >= 15 is 0 Å². The molecule has 10 aromatic carbocycles. The van der Waals surface area contributed by atoms with Crippen LogP contribution in [0.2, 0.25) is 0 Å². The molecule has 0 atom stereocenters. The minimum atomic E-state index is 0.681. The molecule has 0 saturated heterocycles. The third-order valence-corrected chi connectivity index (χ3v) is 11.6. The second-order valence-electron chi connectivity index (χ2n) is 14.9. The van der Waals surface area contributed by atoms with Gasteiger partial charge in [0, 0.05) is 16.5 Å². The van der Waals surface area contributed by atoms with Gasteiger partial charge in [0.05, 0.1) is 0 Å². The zero-order chi connectivity index (χ0) is 37.5. The molecule has 264 valence electrons. The van der Waals surface area contributed by atoms with Gasteiger partial charge in [-0.3, -0.25) is 0 Å². The Kier molecular flexibility index (Phi) is 6.93. The highest BCUT2D eigenvalue weighted by molar-refractivity contribution is 6.26. The predicted molar refractivity (Wildman–Crippen MR) is 239 cm³/mol. The summed E-state index contributed by atoms with van der Waals surface area (Å²) in [5.74, 6) is 0.681. The summed E-state index contributed by atoms with van der Waals surface area (Å²) in [5, 5.41) is 13.6. The summed E-state index contributed by atoms with van der Waals surface area (Å²) in [4.78, 5) is 10.1. The minimum Gasteiger partial charge on any atom is -0.452 e. The van der Waals surface area contributed by atoms with Crippen molar-refractivity contribution in [2.75, 3.05) is 0 Å². The van der Waals surface area contributed by atoms with Crippen molar-refractivity contribution in [1.82, 2.24) is 9.97 Å². The van der Waals surface area contributed by atoms with Crippen LogP contribution in [0.1, 0.15) is 0 Å². The van der Waals surface area contributed by atoms with Gasteiger partial charge < -0.3 is 4.42 Å². The lowest BCUT2D eigenvalue weighted by Crippen LogP contribution is -1.93. The van der Waals surface area contributed by atoms with Crippen molar-refractivity contribution in [3.63, 3.8) is 0 Å². The van der Waals surface area contributed by atoms with Gasteiger partial charge in [-0.1, -0.05) is 164 Å². The van der Waals surface area contributed by atoms with Gasteiger partial charge in [-0.25, -0.2) is 9.97 Å². The van der Waals surface area contributed by atoms with Gasteiger partial charge in [0.15, 0.2) is 11.4 Å². The predicted octanol–water partition coefficient (Wildman–Crippen LogP) is 14.8. The third-order valence-electron chi connectivity index (χ3n) is 11.6. The van der Waals surface area contributed by atoms with Crippen molar-refractivity contribution in [2.24, 2.45) is 0 Å². The van der Waals surface area contributed by atoms with Crippen LogP contribution in [0.5, 0.6) is 0 Å². The maximum absolute atomic E-state index is 6.67. The van der Waals surface area contributed by atoms with Gasteiger partial charge in [0.25, 0.3) is 0 Å². The van der Waals surface area contributed by atoms with Crippen molar-refractivity contribution < 1.29 is 4.42 Å². The van der Waals surface area contributed by atoms with Crippen LogP contribution in [-0.4, -0.2) is 9.97 Å². The van der Waals surface area contributed by atoms with E-state index in [1.165, 1.54) is 65.0 Å². The number of fused-ring (bicyclic) bond motifs is 12. The highest BCUT2D eigenvalue weighted by Gasteiger charge is 2.19. The quantitative estimate of drug-likeness (QED) is 0.170. The van der Waals surface area contributed by atoms with Crippen LogP contribution >= 0.6 is 0 Å². The molecule has 0 aliphatic rings. The molecule has 0 aliphatic carbocycles. The second-order valence-corrected chi connectivity index (χ2v) is 14.9. The van der Waals surface area contributed by atoms with E-state index in [2.05, 4.69) is 146 Å². The second kappa shape index (κ2) is 12.5. The molecule has 57 heavy (non-hydrogen) atoms. The molecule has 0 bridgehead atoms. The van der Waals surface area contributed by atoms with Gasteiger partial charge >= 0.3 is 0 Å². The lowest BCUT2D eigenvalue weighted by atomic mass is 9.91. The number of hydrogen-bond acceptors (Lipinski definition) is 3. The van der Waals surface area contributed by atoms with Gasteiger partial charge in [-0.15, -0.1) is 0 Å². The number of aromatic nitrogens is 2. The topological polar surface area (TPSA) is 38.9 Å². The molecule has 0 aliphatic heterocycles. The number of nitrogens with zero attached hydrogens (tertiary/aromatic N) is 2. The molecule has 12 aromatic rings. The molecule has 12 rings (SSSR count). The lowest BCUT2D eigenvalue weighted by molar-refractivity contribution is 0.667. The Labute approximate surface area is 328 Å². The molecule has 3 heteroatoms. The van der Waals surface area contributed by atoms with E-state index in [4.69, 9.17) is 14.4 Å². The summed E-state index contributed by atoms with van der Waals surface area (Å²) in [5.41, 5.74) is 9.68. The SMILES string of the molecule is c1ccc(-c2nc(-c3ccccc3)c3oc4cc(-c5ccc6ccc7ccc(-c8ccc9c%10ccccc%10c%10ccccc%10c9c8)cc7c6c5)ccc4c3n2)cc1. The summed E-state index contributed by atoms with van der Waals surface area (Å²) < 4.78 is 6.67. The summed E-state index contributed by atoms with van der Waals surface area (Å²) in [6.07, 6.45) is 0. The van der Waals surface area contributed by atoms with Crippen molar-refractivity contribution in [1.29, 1.82) is 0 Å². The first-order valence-corrected chi connectivity index (χ1v) is 19.4. The number of benzene rings is 10. The molecule has 0 saturated carbocycles. The highest BCUT2D eigenvalue weighted by atomic mass is 16.3. The van der Waals surface area contributed by atoms with Crippen molar-refractivity contribution in [3.05, 3.63) is 194 Å². The fraction of sp³-hybridized carbons (Fsp3) is 0. The fourth-order valence-corrected chi connectivity index (χ4v) is 8.83. The zero-order valence-electron chi connectivity index (χ0n) is 30.8. The van der Waals surface area contributed by atoms with Gasteiger partial charge in [0.1, 0.15) is 16.8 Å². The van der Waals surface area contributed by atoms with Crippen LogP contribution in [0.3, 0.4) is 0 Å². The van der Waals surface area contributed by atoms with Crippen LogP contribution < -0.4 is 0 Å². The minimum absolute atomic E-state index is 0.681. The molecular formula is C54H32N2O. The molecule has 3 nitrogen and oxygen atoms in total. The summed E-state index contributed by atoms with van der Waals surface area (Å²) in [6, 6.07) is 69.5. The monoisotopic (exact) mass is 724 g/mol. The first kappa shape index (κ1) is 31.7. The molecule has 0 radical (unpaired) electrons. The lowest BCUT2D eigenvalue weighted by Gasteiger charge is -2.13. The molecule has 0 spiro atoms. The maximum Gasteiger partial charge on any atom is 0.180 e. The largest absolute Gasteiger partial charge is 0.452 e. The first-order valence-electron chi connectivity index (χ1n) is 19.4. The normalized spacial score (nSPS) is 11.9. The van der Waals surface area contributed by atoms with E-state index in [1.54, 1.807) is 0 Å². The summed E-state index contributed by atoms with van der Waals surface area (Å²) >= 11 is 0. The van der Waals surface area contributed by atoms with E-state index in [9.17, 15) is 0 Å². The van der Waals surface area contributed by atoms with Crippen molar-refractivity contribution in [2.45, 2.75) is 0 Å². The highest BCUT2D eigenvalue weighted by Crippen LogP contribution is 2.40. The van der Waals surface area contributed by atoms with Crippen molar-refractivity contribution in [3.8, 4) is 44.9 Å². The van der Waals surface area contributed by atoms with Crippen LogP contribution in [0, 0.1) is 0 Å². The van der Waals surface area contributed by atoms with Crippen LogP contribution in [-0.2, 0) is 0 Å². The summed E-state index contributed by atoms with van der Waals surface area (Å²) in [6.45, 7) is 0. The molecular weight excluding hydrogens is 693 g/mol. The summed E-state index contributed by atoms with van der Waals surface area (Å²) in [7, 11) is 0. The average Bonchev–Trinajstić information content (AvgIpc) is 3.67. The zero-order valence-corrected chi connectivity index (χ0v) is 30.8. The van der Waals surface area contributed by atoms with E-state index in [1.807, 2.05) is 48.5 Å². The van der Waals surface area contributed by atoms with Gasteiger partial charge in [-0.2, -0.15) is 0 Å². The molecule has 0 unspecified atom stereocenters. The molecule has 2 aromatic heterocycles. The Morgan fingerprint density at radius 1 is 0.298 bits per heavy atom. The Hall–Kier alpha value is -7.62. The molecule has 0 N–H and O–H groups in total. The number of hydrogen-bond donors (Lipinski definition) is 0. The Bertz CT molecular complexity index is 3530. The van der Waals surface area contributed by atoms with E-state index in [0.717, 1.165) is 44.4 Å². The first-order chi connectivity index (χ1) is 28.2. The Morgan fingerprint density at radius 3 is 1.33 bits per heavy atom. The number of rotatable bonds is 4. The smallest absolute Gasteiger partial charge is 0.180 e. The van der Waals surface area contributed by atoms with Gasteiger partial charge in [0.2, 0.25) is 0 Å². The molecule has 0 amide bonds. The van der Waals surface area contributed by atoms with E-state index in [-0.39, 0.29) is 0 Å². The van der Waals surface area contributed by atoms with Crippen LogP contribution in [0.25, 0.3) is 121 Å². The number of furan rings is 1.